The average molecular weight is 282 g/mol. The minimum absolute atomic E-state index is 1.07. The monoisotopic (exact) mass is 282 g/mol. The standard InChI is InChI=1S/C22H18/c1-2-8-17(9-3-1)10-6-12-18-13-7-15-21-20-14-5-4-11-19(20)16-22(18)21/h1-5,7-9,11-16H,6,10H2. The van der Waals surface area contributed by atoms with Crippen molar-refractivity contribution in [3.63, 3.8) is 0 Å². The maximum atomic E-state index is 2.37. The second-order valence-corrected chi connectivity index (χ2v) is 5.77. The van der Waals surface area contributed by atoms with E-state index in [-0.39, 0.29) is 0 Å². The highest BCUT2D eigenvalue weighted by atomic mass is 14.1. The Balaban J connectivity index is 1.68. The van der Waals surface area contributed by atoms with Crippen molar-refractivity contribution in [2.24, 2.45) is 0 Å². The molecule has 3 aromatic rings. The van der Waals surface area contributed by atoms with Crippen molar-refractivity contribution in [2.75, 3.05) is 0 Å². The first-order chi connectivity index (χ1) is 10.9. The predicted molar refractivity (Wildman–Crippen MR) is 93.9 cm³/mol. The van der Waals surface area contributed by atoms with Crippen molar-refractivity contribution in [3.8, 4) is 11.1 Å². The van der Waals surface area contributed by atoms with Crippen LogP contribution in [0.2, 0.25) is 0 Å². The molecule has 0 bridgehead atoms. The summed E-state index contributed by atoms with van der Waals surface area (Å²) in [6, 6.07) is 26.0. The first-order valence-corrected chi connectivity index (χ1v) is 7.86. The van der Waals surface area contributed by atoms with Crippen LogP contribution in [0, 0.1) is 0 Å². The van der Waals surface area contributed by atoms with Gasteiger partial charge < -0.3 is 0 Å². The summed E-state index contributed by atoms with van der Waals surface area (Å²) in [5, 5.41) is 2.72. The normalized spacial score (nSPS) is 12.6. The highest BCUT2D eigenvalue weighted by Crippen LogP contribution is 2.24. The minimum Gasteiger partial charge on any atom is -0.0763 e. The van der Waals surface area contributed by atoms with E-state index in [9.17, 15) is 0 Å². The van der Waals surface area contributed by atoms with Crippen LogP contribution in [-0.4, -0.2) is 0 Å². The van der Waals surface area contributed by atoms with Gasteiger partial charge in [-0.1, -0.05) is 78.9 Å². The van der Waals surface area contributed by atoms with E-state index in [4.69, 9.17) is 0 Å². The number of hydrogen-bond acceptors (Lipinski definition) is 0. The maximum Gasteiger partial charge on any atom is -0.00993 e. The Hall–Kier alpha value is -2.60. The third kappa shape index (κ3) is 2.37. The van der Waals surface area contributed by atoms with Crippen LogP contribution in [0.25, 0.3) is 23.3 Å². The molecule has 0 amide bonds. The Morgan fingerprint density at radius 2 is 1.45 bits per heavy atom. The molecule has 4 rings (SSSR count). The van der Waals surface area contributed by atoms with Gasteiger partial charge in [-0.25, -0.2) is 0 Å². The molecule has 0 nitrogen and oxygen atoms in total. The van der Waals surface area contributed by atoms with Crippen LogP contribution in [0.15, 0.2) is 72.8 Å². The van der Waals surface area contributed by atoms with Crippen LogP contribution in [0.5, 0.6) is 0 Å². The molecule has 0 N–H and O–H groups in total. The van der Waals surface area contributed by atoms with Gasteiger partial charge in [-0.2, -0.15) is 0 Å². The van der Waals surface area contributed by atoms with Crippen molar-refractivity contribution < 1.29 is 0 Å². The second-order valence-electron chi connectivity index (χ2n) is 5.77. The number of fused-ring (bicyclic) bond motifs is 3. The summed E-state index contributed by atoms with van der Waals surface area (Å²) >= 11 is 0. The lowest BCUT2D eigenvalue weighted by atomic mass is 10.0. The van der Waals surface area contributed by atoms with Crippen molar-refractivity contribution in [1.29, 1.82) is 0 Å². The molecular formula is C22H18. The molecule has 0 unspecified atom stereocenters. The molecular weight excluding hydrogens is 264 g/mol. The Kier molecular flexibility index (Phi) is 3.36. The molecule has 0 radical (unpaired) electrons. The van der Waals surface area contributed by atoms with Crippen molar-refractivity contribution >= 4 is 12.2 Å². The first-order valence-electron chi connectivity index (χ1n) is 7.86. The highest BCUT2D eigenvalue weighted by Gasteiger charge is 2.10. The minimum atomic E-state index is 1.07. The lowest BCUT2D eigenvalue weighted by Crippen LogP contribution is -2.24. The van der Waals surface area contributed by atoms with E-state index in [1.165, 1.54) is 32.7 Å². The van der Waals surface area contributed by atoms with Crippen LogP contribution in [0.3, 0.4) is 0 Å². The average Bonchev–Trinajstić information content (AvgIpc) is 2.96. The predicted octanol–water partition coefficient (Wildman–Crippen LogP) is 3.91. The lowest BCUT2D eigenvalue weighted by molar-refractivity contribution is 1.04. The van der Waals surface area contributed by atoms with Gasteiger partial charge >= 0.3 is 0 Å². The van der Waals surface area contributed by atoms with Gasteiger partial charge in [0.25, 0.3) is 0 Å². The van der Waals surface area contributed by atoms with E-state index in [0.717, 1.165) is 12.8 Å². The summed E-state index contributed by atoms with van der Waals surface area (Å²) < 4.78 is 0. The van der Waals surface area contributed by atoms with E-state index in [1.807, 2.05) is 0 Å². The fourth-order valence-corrected chi connectivity index (χ4v) is 3.22. The van der Waals surface area contributed by atoms with Gasteiger partial charge in [0, 0.05) is 0 Å². The summed E-state index contributed by atoms with van der Waals surface area (Å²) in [5.74, 6) is 0. The maximum absolute atomic E-state index is 2.37. The van der Waals surface area contributed by atoms with Crippen molar-refractivity contribution in [3.05, 3.63) is 94.4 Å². The van der Waals surface area contributed by atoms with Gasteiger partial charge in [-0.05, 0) is 51.6 Å². The summed E-state index contributed by atoms with van der Waals surface area (Å²) in [5.41, 5.74) is 5.46. The molecule has 0 saturated carbocycles. The van der Waals surface area contributed by atoms with Crippen LogP contribution < -0.4 is 10.4 Å². The van der Waals surface area contributed by atoms with E-state index < -0.39 is 0 Å². The van der Waals surface area contributed by atoms with E-state index in [0.29, 0.717) is 0 Å². The fraction of sp³-hybridized carbons (Fsp3) is 0.0909. The molecule has 1 aliphatic rings. The molecule has 0 fully saturated rings. The van der Waals surface area contributed by atoms with Crippen LogP contribution in [0.1, 0.15) is 17.5 Å². The fourth-order valence-electron chi connectivity index (χ4n) is 3.22. The van der Waals surface area contributed by atoms with Gasteiger partial charge in [0.1, 0.15) is 0 Å². The molecule has 0 atom stereocenters. The second kappa shape index (κ2) is 5.65. The third-order valence-corrected chi connectivity index (χ3v) is 4.33. The van der Waals surface area contributed by atoms with E-state index >= 15 is 0 Å². The molecule has 0 heterocycles. The number of hydrogen-bond donors (Lipinski definition) is 0. The van der Waals surface area contributed by atoms with E-state index in [2.05, 4.69) is 84.9 Å². The number of rotatable bonds is 3. The van der Waals surface area contributed by atoms with Crippen LogP contribution in [0.4, 0.5) is 0 Å². The summed E-state index contributed by atoms with van der Waals surface area (Å²) in [6.07, 6.45) is 6.86. The lowest BCUT2D eigenvalue weighted by Gasteiger charge is -2.00. The van der Waals surface area contributed by atoms with Crippen LogP contribution >= 0.6 is 0 Å². The van der Waals surface area contributed by atoms with Gasteiger partial charge in [-0.15, -0.1) is 0 Å². The summed E-state index contributed by atoms with van der Waals surface area (Å²) in [7, 11) is 0. The van der Waals surface area contributed by atoms with Crippen LogP contribution in [-0.2, 0) is 6.42 Å². The molecule has 106 valence electrons. The largest absolute Gasteiger partial charge is 0.0763 e. The Labute approximate surface area is 131 Å². The molecule has 0 aliphatic heterocycles. The Morgan fingerprint density at radius 1 is 0.682 bits per heavy atom. The third-order valence-electron chi connectivity index (χ3n) is 4.33. The summed E-state index contributed by atoms with van der Waals surface area (Å²) in [4.78, 5) is 0. The zero-order valence-electron chi connectivity index (χ0n) is 12.5. The summed E-state index contributed by atoms with van der Waals surface area (Å²) in [6.45, 7) is 0. The number of aryl methyl sites for hydroxylation is 1. The van der Waals surface area contributed by atoms with Gasteiger partial charge in [0.05, 0.1) is 0 Å². The van der Waals surface area contributed by atoms with E-state index in [1.54, 1.807) is 0 Å². The first kappa shape index (κ1) is 13.1. The Bertz CT molecular complexity index is 918. The van der Waals surface area contributed by atoms with Gasteiger partial charge in [-0.3, -0.25) is 0 Å². The zero-order valence-corrected chi connectivity index (χ0v) is 12.5. The molecule has 3 aromatic carbocycles. The smallest absolute Gasteiger partial charge is 0.00993 e. The number of benzene rings is 3. The topological polar surface area (TPSA) is 0 Å². The zero-order chi connectivity index (χ0) is 14.8. The molecule has 1 aliphatic carbocycles. The van der Waals surface area contributed by atoms with Gasteiger partial charge in [0.15, 0.2) is 0 Å². The van der Waals surface area contributed by atoms with Gasteiger partial charge in [0.2, 0.25) is 0 Å². The van der Waals surface area contributed by atoms with Crippen molar-refractivity contribution in [1.82, 2.24) is 0 Å². The molecule has 22 heavy (non-hydrogen) atoms. The molecule has 0 aromatic heterocycles. The molecule has 0 saturated heterocycles. The van der Waals surface area contributed by atoms with Crippen molar-refractivity contribution in [2.45, 2.75) is 12.8 Å². The molecule has 0 spiro atoms. The quantitative estimate of drug-likeness (QED) is 0.534. The molecule has 0 heteroatoms. The Morgan fingerprint density at radius 3 is 2.36 bits per heavy atom. The SMILES string of the molecule is C(CCc1ccccc1)=c1cccc2c1=Cc1ccccc1-2. The highest BCUT2D eigenvalue weighted by molar-refractivity contribution is 5.82.